The summed E-state index contributed by atoms with van der Waals surface area (Å²) < 4.78 is 37.5. The molecule has 0 unspecified atom stereocenters. The lowest BCUT2D eigenvalue weighted by molar-refractivity contribution is -0.126. The maximum Gasteiger partial charge on any atom is 0.246 e. The van der Waals surface area contributed by atoms with Gasteiger partial charge in [0.1, 0.15) is 10.0 Å². The SMILES string of the molecule is COc1ccc(CCNC(=O)C2CCN(S(=O)(=O)c3cccnc3Cl)CC2)cc1OC. The number of carbonyl (C=O) groups is 1. The molecule has 1 aliphatic heterocycles. The zero-order valence-electron chi connectivity index (χ0n) is 17.5. The zero-order valence-corrected chi connectivity index (χ0v) is 19.1. The molecule has 0 spiro atoms. The van der Waals surface area contributed by atoms with E-state index in [0.29, 0.717) is 37.3 Å². The average molecular weight is 468 g/mol. The number of aromatic nitrogens is 1. The van der Waals surface area contributed by atoms with Gasteiger partial charge in [-0.1, -0.05) is 17.7 Å². The van der Waals surface area contributed by atoms with Gasteiger partial charge in [-0.25, -0.2) is 13.4 Å². The minimum Gasteiger partial charge on any atom is -0.493 e. The Bertz CT molecular complexity index is 1020. The van der Waals surface area contributed by atoms with Crippen molar-refractivity contribution in [2.24, 2.45) is 5.92 Å². The summed E-state index contributed by atoms with van der Waals surface area (Å²) in [5.41, 5.74) is 1.02. The Morgan fingerprint density at radius 2 is 1.90 bits per heavy atom. The van der Waals surface area contributed by atoms with E-state index < -0.39 is 10.0 Å². The Morgan fingerprint density at radius 3 is 2.55 bits per heavy atom. The number of ether oxygens (including phenoxy) is 2. The first-order valence-corrected chi connectivity index (χ1v) is 11.8. The van der Waals surface area contributed by atoms with Gasteiger partial charge in [0.05, 0.1) is 14.2 Å². The number of nitrogens with one attached hydrogen (secondary N) is 1. The van der Waals surface area contributed by atoms with Crippen molar-refractivity contribution in [2.45, 2.75) is 24.2 Å². The Morgan fingerprint density at radius 1 is 1.19 bits per heavy atom. The summed E-state index contributed by atoms with van der Waals surface area (Å²) in [6, 6.07) is 8.63. The van der Waals surface area contributed by atoms with Crippen molar-refractivity contribution in [1.82, 2.24) is 14.6 Å². The fraction of sp³-hybridized carbons (Fsp3) is 0.429. The van der Waals surface area contributed by atoms with Crippen LogP contribution in [0, 0.1) is 5.92 Å². The van der Waals surface area contributed by atoms with Gasteiger partial charge in [0.2, 0.25) is 15.9 Å². The molecule has 10 heteroatoms. The number of amides is 1. The van der Waals surface area contributed by atoms with Crippen LogP contribution in [0.1, 0.15) is 18.4 Å². The Kier molecular flexibility index (Phi) is 7.74. The number of halogens is 1. The lowest BCUT2D eigenvalue weighted by atomic mass is 9.97. The number of nitrogens with zero attached hydrogens (tertiary/aromatic N) is 2. The molecular formula is C21H26ClN3O5S. The van der Waals surface area contributed by atoms with Crippen LogP contribution in [0.4, 0.5) is 0 Å². The first kappa shape index (κ1) is 23.3. The van der Waals surface area contributed by atoms with Crippen LogP contribution >= 0.6 is 11.6 Å². The third-order valence-electron chi connectivity index (χ3n) is 5.33. The first-order chi connectivity index (χ1) is 14.9. The van der Waals surface area contributed by atoms with Crippen LogP contribution in [0.5, 0.6) is 11.5 Å². The predicted molar refractivity (Wildman–Crippen MR) is 117 cm³/mol. The molecule has 0 bridgehead atoms. The van der Waals surface area contributed by atoms with E-state index in [2.05, 4.69) is 10.3 Å². The minimum atomic E-state index is -3.72. The van der Waals surface area contributed by atoms with Gasteiger partial charge in [0.25, 0.3) is 0 Å². The third kappa shape index (κ3) is 5.47. The van der Waals surface area contributed by atoms with Crippen LogP contribution in [0.15, 0.2) is 41.4 Å². The quantitative estimate of drug-likeness (QED) is 0.599. The molecule has 1 N–H and O–H groups in total. The molecule has 0 saturated carbocycles. The summed E-state index contributed by atoms with van der Waals surface area (Å²) in [7, 11) is -0.558. The lowest BCUT2D eigenvalue weighted by Gasteiger charge is -2.30. The number of benzene rings is 1. The number of rotatable bonds is 8. The molecule has 2 aromatic rings. The van der Waals surface area contributed by atoms with E-state index in [0.717, 1.165) is 5.56 Å². The van der Waals surface area contributed by atoms with Gasteiger partial charge in [-0.15, -0.1) is 0 Å². The van der Waals surface area contributed by atoms with Crippen molar-refractivity contribution in [2.75, 3.05) is 33.9 Å². The number of carbonyl (C=O) groups excluding carboxylic acids is 1. The Labute approximate surface area is 187 Å². The highest BCUT2D eigenvalue weighted by Gasteiger charge is 2.33. The fourth-order valence-electron chi connectivity index (χ4n) is 3.57. The van der Waals surface area contributed by atoms with Crippen molar-refractivity contribution >= 4 is 27.5 Å². The maximum atomic E-state index is 12.8. The van der Waals surface area contributed by atoms with Crippen LogP contribution in [0.3, 0.4) is 0 Å². The van der Waals surface area contributed by atoms with Gasteiger partial charge < -0.3 is 14.8 Å². The number of hydrogen-bond acceptors (Lipinski definition) is 6. The van der Waals surface area contributed by atoms with Crippen LogP contribution in [0.2, 0.25) is 5.15 Å². The van der Waals surface area contributed by atoms with Crippen molar-refractivity contribution in [3.63, 3.8) is 0 Å². The summed E-state index contributed by atoms with van der Waals surface area (Å²) >= 11 is 5.95. The lowest BCUT2D eigenvalue weighted by Crippen LogP contribution is -2.43. The molecule has 8 nitrogen and oxygen atoms in total. The monoisotopic (exact) mass is 467 g/mol. The van der Waals surface area contributed by atoms with Crippen molar-refractivity contribution in [1.29, 1.82) is 0 Å². The van der Waals surface area contributed by atoms with Gasteiger partial charge in [0.15, 0.2) is 11.5 Å². The molecule has 0 aliphatic carbocycles. The second-order valence-corrected chi connectivity index (χ2v) is 9.47. The smallest absolute Gasteiger partial charge is 0.246 e. The highest BCUT2D eigenvalue weighted by atomic mass is 35.5. The van der Waals surface area contributed by atoms with Crippen molar-refractivity contribution in [3.05, 3.63) is 47.2 Å². The number of hydrogen-bond donors (Lipinski definition) is 1. The van der Waals surface area contributed by atoms with E-state index in [1.807, 2.05) is 18.2 Å². The topological polar surface area (TPSA) is 97.8 Å². The van der Waals surface area contributed by atoms with Gasteiger partial charge in [0, 0.05) is 31.7 Å². The van der Waals surface area contributed by atoms with E-state index in [4.69, 9.17) is 21.1 Å². The molecule has 3 rings (SSSR count). The Balaban J connectivity index is 1.50. The van der Waals surface area contributed by atoms with Crippen LogP contribution in [-0.4, -0.2) is 57.5 Å². The average Bonchev–Trinajstić information content (AvgIpc) is 2.79. The van der Waals surface area contributed by atoms with Crippen LogP contribution < -0.4 is 14.8 Å². The van der Waals surface area contributed by atoms with Crippen LogP contribution in [-0.2, 0) is 21.2 Å². The zero-order chi connectivity index (χ0) is 22.4. The second kappa shape index (κ2) is 10.3. The molecular weight excluding hydrogens is 442 g/mol. The molecule has 1 aromatic carbocycles. The molecule has 1 aromatic heterocycles. The van der Waals surface area contributed by atoms with E-state index in [1.54, 1.807) is 14.2 Å². The molecule has 1 amide bonds. The standard InChI is InChI=1S/C21H26ClN3O5S/c1-29-17-6-5-15(14-18(17)30-2)7-11-24-21(26)16-8-12-25(13-9-16)31(27,28)19-4-3-10-23-20(19)22/h3-6,10,14,16H,7-9,11-13H2,1-2H3,(H,24,26). The van der Waals surface area contributed by atoms with E-state index in [-0.39, 0.29) is 35.0 Å². The third-order valence-corrected chi connectivity index (χ3v) is 7.67. The minimum absolute atomic E-state index is 0.00510. The summed E-state index contributed by atoms with van der Waals surface area (Å²) in [5.74, 6) is 1.02. The summed E-state index contributed by atoms with van der Waals surface area (Å²) in [6.45, 7) is 1.01. The maximum absolute atomic E-state index is 12.8. The number of piperidine rings is 1. The van der Waals surface area contributed by atoms with Gasteiger partial charge in [-0.2, -0.15) is 4.31 Å². The summed E-state index contributed by atoms with van der Waals surface area (Å²) in [6.07, 6.45) is 3.01. The fourth-order valence-corrected chi connectivity index (χ4v) is 5.47. The molecule has 1 aliphatic rings. The largest absolute Gasteiger partial charge is 0.493 e. The number of methoxy groups -OCH3 is 2. The van der Waals surface area contributed by atoms with E-state index in [9.17, 15) is 13.2 Å². The Hall–Kier alpha value is -2.36. The second-order valence-electron chi connectivity index (χ2n) is 7.20. The van der Waals surface area contributed by atoms with Crippen LogP contribution in [0.25, 0.3) is 0 Å². The van der Waals surface area contributed by atoms with Crippen molar-refractivity contribution in [3.8, 4) is 11.5 Å². The molecule has 168 valence electrons. The van der Waals surface area contributed by atoms with E-state index >= 15 is 0 Å². The first-order valence-electron chi connectivity index (χ1n) is 9.96. The highest BCUT2D eigenvalue weighted by molar-refractivity contribution is 7.89. The van der Waals surface area contributed by atoms with Crippen molar-refractivity contribution < 1.29 is 22.7 Å². The number of pyridine rings is 1. The molecule has 1 saturated heterocycles. The van der Waals surface area contributed by atoms with Gasteiger partial charge in [-0.3, -0.25) is 4.79 Å². The summed E-state index contributed by atoms with van der Waals surface area (Å²) in [5, 5.41) is 2.91. The summed E-state index contributed by atoms with van der Waals surface area (Å²) in [4.78, 5) is 16.4. The normalized spacial score (nSPS) is 15.5. The molecule has 1 fully saturated rings. The molecule has 0 atom stereocenters. The predicted octanol–water partition coefficient (Wildman–Crippen LogP) is 2.51. The van der Waals surface area contributed by atoms with Gasteiger partial charge in [-0.05, 0) is 49.1 Å². The molecule has 2 heterocycles. The van der Waals surface area contributed by atoms with E-state index in [1.165, 1.54) is 22.6 Å². The number of sulfonamides is 1. The van der Waals surface area contributed by atoms with Gasteiger partial charge >= 0.3 is 0 Å². The highest BCUT2D eigenvalue weighted by Crippen LogP contribution is 2.28. The molecule has 31 heavy (non-hydrogen) atoms. The molecule has 0 radical (unpaired) electrons.